The van der Waals surface area contributed by atoms with Gasteiger partial charge >= 0.3 is 0 Å². The number of hydrogen-bond acceptors (Lipinski definition) is 3. The van der Waals surface area contributed by atoms with E-state index in [2.05, 4.69) is 46.6 Å². The molecule has 5 heteroatoms. The molecule has 1 saturated heterocycles. The fraction of sp³-hybridized carbons (Fsp3) is 0.474. The Hall–Kier alpha value is -2.32. The van der Waals surface area contributed by atoms with Crippen LogP contribution in [0.2, 0.25) is 0 Å². The summed E-state index contributed by atoms with van der Waals surface area (Å²) in [5.41, 5.74) is 2.43. The number of amides is 2. The van der Waals surface area contributed by atoms with E-state index in [0.29, 0.717) is 0 Å². The first-order valence-electron chi connectivity index (χ1n) is 8.37. The highest BCUT2D eigenvalue weighted by Crippen LogP contribution is 2.20. The summed E-state index contributed by atoms with van der Waals surface area (Å²) in [4.78, 5) is 26.2. The molecule has 1 aliphatic heterocycles. The zero-order chi connectivity index (χ0) is 17.4. The summed E-state index contributed by atoms with van der Waals surface area (Å²) in [5.74, 6) is 1.99. The maximum absolute atomic E-state index is 12.5. The first kappa shape index (κ1) is 18.0. The van der Waals surface area contributed by atoms with E-state index in [4.69, 9.17) is 6.42 Å². The number of nitrogens with one attached hydrogen (secondary N) is 2. The van der Waals surface area contributed by atoms with Gasteiger partial charge in [0.05, 0.1) is 19.1 Å². The summed E-state index contributed by atoms with van der Waals surface area (Å²) in [6.45, 7) is 3.87. The zero-order valence-corrected chi connectivity index (χ0v) is 14.2. The molecule has 0 aromatic heterocycles. The predicted molar refractivity (Wildman–Crippen MR) is 94.1 cm³/mol. The number of terminal acetylenes is 1. The molecule has 1 fully saturated rings. The number of aryl methyl sites for hydroxylation is 1. The fourth-order valence-electron chi connectivity index (χ4n) is 3.02. The number of likely N-dealkylation sites (tertiary alicyclic amines) is 1. The van der Waals surface area contributed by atoms with Crippen LogP contribution in [-0.4, -0.2) is 42.4 Å². The third-order valence-electron chi connectivity index (χ3n) is 4.20. The molecule has 0 radical (unpaired) electrons. The standard InChI is InChI=1S/C19H25N3O2/c1-3-10-20-18(23)13-21-19(24)17-9-4-5-11-22(17)14-16-8-6-7-15(2)12-16/h1,6-8,12,17H,4-5,9-11,13-14H2,2H3,(H,20,23)(H,21,24). The van der Waals surface area contributed by atoms with Crippen LogP contribution in [0.4, 0.5) is 0 Å². The second kappa shape index (κ2) is 9.09. The Morgan fingerprint density at radius 3 is 2.92 bits per heavy atom. The minimum atomic E-state index is -0.262. The van der Waals surface area contributed by atoms with Gasteiger partial charge in [-0.1, -0.05) is 42.2 Å². The summed E-state index contributed by atoms with van der Waals surface area (Å²) in [6, 6.07) is 8.17. The van der Waals surface area contributed by atoms with Crippen LogP contribution < -0.4 is 10.6 Å². The van der Waals surface area contributed by atoms with E-state index in [9.17, 15) is 9.59 Å². The van der Waals surface area contributed by atoms with E-state index in [-0.39, 0.29) is 30.9 Å². The van der Waals surface area contributed by atoms with Crippen LogP contribution >= 0.6 is 0 Å². The molecule has 2 rings (SSSR count). The monoisotopic (exact) mass is 327 g/mol. The lowest BCUT2D eigenvalue weighted by Gasteiger charge is -2.34. The van der Waals surface area contributed by atoms with E-state index < -0.39 is 0 Å². The number of carbonyl (C=O) groups excluding carboxylic acids is 2. The Labute approximate surface area is 143 Å². The molecular formula is C19H25N3O2. The highest BCUT2D eigenvalue weighted by atomic mass is 16.2. The minimum absolute atomic E-state index is 0.0324. The Morgan fingerprint density at radius 2 is 2.17 bits per heavy atom. The molecule has 128 valence electrons. The smallest absolute Gasteiger partial charge is 0.240 e. The van der Waals surface area contributed by atoms with Crippen molar-refractivity contribution in [3.8, 4) is 12.3 Å². The Bertz CT molecular complexity index is 621. The van der Waals surface area contributed by atoms with Gasteiger partial charge in [-0.25, -0.2) is 0 Å². The maximum atomic E-state index is 12.5. The second-order valence-corrected chi connectivity index (χ2v) is 6.17. The van der Waals surface area contributed by atoms with E-state index >= 15 is 0 Å². The first-order chi connectivity index (χ1) is 11.6. The maximum Gasteiger partial charge on any atom is 0.240 e. The predicted octanol–water partition coefficient (Wildman–Crippen LogP) is 1.22. The average molecular weight is 327 g/mol. The summed E-state index contributed by atoms with van der Waals surface area (Å²) in [5, 5.41) is 5.27. The van der Waals surface area contributed by atoms with Crippen molar-refractivity contribution in [1.82, 2.24) is 15.5 Å². The van der Waals surface area contributed by atoms with Gasteiger partial charge in [0.2, 0.25) is 11.8 Å². The van der Waals surface area contributed by atoms with Crippen LogP contribution in [0.1, 0.15) is 30.4 Å². The summed E-state index contributed by atoms with van der Waals surface area (Å²) >= 11 is 0. The molecule has 2 amide bonds. The van der Waals surface area contributed by atoms with Crippen molar-refractivity contribution in [2.75, 3.05) is 19.6 Å². The van der Waals surface area contributed by atoms with Crippen LogP contribution in [0.25, 0.3) is 0 Å². The van der Waals surface area contributed by atoms with Crippen molar-refractivity contribution in [3.63, 3.8) is 0 Å². The summed E-state index contributed by atoms with van der Waals surface area (Å²) < 4.78 is 0. The molecule has 1 aliphatic rings. The van der Waals surface area contributed by atoms with Crippen molar-refractivity contribution >= 4 is 11.8 Å². The minimum Gasteiger partial charge on any atom is -0.346 e. The van der Waals surface area contributed by atoms with Crippen molar-refractivity contribution in [3.05, 3.63) is 35.4 Å². The Kier molecular flexibility index (Phi) is 6.83. The van der Waals surface area contributed by atoms with Crippen molar-refractivity contribution in [2.45, 2.75) is 38.8 Å². The quantitative estimate of drug-likeness (QED) is 0.772. The molecule has 1 unspecified atom stereocenters. The molecule has 1 heterocycles. The van der Waals surface area contributed by atoms with E-state index in [1.54, 1.807) is 0 Å². The van der Waals surface area contributed by atoms with Crippen molar-refractivity contribution < 1.29 is 9.59 Å². The number of nitrogens with zero attached hydrogens (tertiary/aromatic N) is 1. The lowest BCUT2D eigenvalue weighted by molar-refractivity contribution is -0.130. The highest BCUT2D eigenvalue weighted by molar-refractivity contribution is 5.87. The fourth-order valence-corrected chi connectivity index (χ4v) is 3.02. The molecule has 5 nitrogen and oxygen atoms in total. The van der Waals surface area contributed by atoms with E-state index in [1.165, 1.54) is 11.1 Å². The van der Waals surface area contributed by atoms with E-state index in [1.807, 2.05) is 6.07 Å². The van der Waals surface area contributed by atoms with Crippen LogP contribution in [0.3, 0.4) is 0 Å². The average Bonchev–Trinajstić information content (AvgIpc) is 2.58. The van der Waals surface area contributed by atoms with Gasteiger partial charge in [-0.2, -0.15) is 0 Å². The molecule has 1 aromatic rings. The number of benzene rings is 1. The third kappa shape index (κ3) is 5.39. The van der Waals surface area contributed by atoms with Gasteiger partial charge in [0.1, 0.15) is 0 Å². The van der Waals surface area contributed by atoms with E-state index in [0.717, 1.165) is 32.4 Å². The molecule has 0 saturated carbocycles. The highest BCUT2D eigenvalue weighted by Gasteiger charge is 2.28. The molecule has 2 N–H and O–H groups in total. The molecule has 0 bridgehead atoms. The SMILES string of the molecule is C#CCNC(=O)CNC(=O)C1CCCCN1Cc1cccc(C)c1. The van der Waals surface area contributed by atoms with Crippen LogP contribution in [-0.2, 0) is 16.1 Å². The molecule has 24 heavy (non-hydrogen) atoms. The number of hydrogen-bond donors (Lipinski definition) is 2. The largest absolute Gasteiger partial charge is 0.346 e. The molecule has 0 aliphatic carbocycles. The van der Waals surface area contributed by atoms with Crippen molar-refractivity contribution in [2.24, 2.45) is 0 Å². The second-order valence-electron chi connectivity index (χ2n) is 6.17. The Balaban J connectivity index is 1.92. The van der Waals surface area contributed by atoms with Gasteiger partial charge in [-0.05, 0) is 31.9 Å². The summed E-state index contributed by atoms with van der Waals surface area (Å²) in [7, 11) is 0. The number of rotatable bonds is 6. The van der Waals surface area contributed by atoms with Crippen LogP contribution in [0.5, 0.6) is 0 Å². The first-order valence-corrected chi connectivity index (χ1v) is 8.37. The molecular weight excluding hydrogens is 302 g/mol. The third-order valence-corrected chi connectivity index (χ3v) is 4.20. The molecule has 1 aromatic carbocycles. The van der Waals surface area contributed by atoms with Crippen LogP contribution in [0.15, 0.2) is 24.3 Å². The van der Waals surface area contributed by atoms with Gasteiger partial charge in [0.25, 0.3) is 0 Å². The lowest BCUT2D eigenvalue weighted by atomic mass is 10.00. The van der Waals surface area contributed by atoms with Gasteiger partial charge in [0, 0.05) is 6.54 Å². The van der Waals surface area contributed by atoms with Gasteiger partial charge in [-0.15, -0.1) is 6.42 Å². The normalized spacial score (nSPS) is 17.8. The number of piperidine rings is 1. The molecule has 1 atom stereocenters. The molecule has 0 spiro atoms. The zero-order valence-electron chi connectivity index (χ0n) is 14.2. The topological polar surface area (TPSA) is 61.4 Å². The van der Waals surface area contributed by atoms with Crippen molar-refractivity contribution in [1.29, 1.82) is 0 Å². The van der Waals surface area contributed by atoms with Gasteiger partial charge in [0.15, 0.2) is 0 Å². The van der Waals surface area contributed by atoms with Gasteiger partial charge in [-0.3, -0.25) is 14.5 Å². The lowest BCUT2D eigenvalue weighted by Crippen LogP contribution is -2.50. The van der Waals surface area contributed by atoms with Crippen LogP contribution in [0, 0.1) is 19.3 Å². The number of carbonyl (C=O) groups is 2. The van der Waals surface area contributed by atoms with Gasteiger partial charge < -0.3 is 10.6 Å². The Morgan fingerprint density at radius 1 is 1.33 bits per heavy atom. The summed E-state index contributed by atoms with van der Waals surface area (Å²) in [6.07, 6.45) is 8.04.